The normalized spacial score (nSPS) is 18.2. The average Bonchev–Trinajstić information content (AvgIpc) is 3.53. The second-order valence-corrected chi connectivity index (χ2v) is 9.23. The fraction of sp³-hybridized carbons (Fsp3) is 0.346. The van der Waals surface area contributed by atoms with Crippen LogP contribution in [-0.2, 0) is 4.79 Å². The van der Waals surface area contributed by atoms with Crippen LogP contribution in [-0.4, -0.2) is 84.5 Å². The summed E-state index contributed by atoms with van der Waals surface area (Å²) in [6.45, 7) is 3.51. The maximum atomic E-state index is 13.7. The second kappa shape index (κ2) is 10.3. The van der Waals surface area contributed by atoms with Gasteiger partial charge in [0.25, 0.3) is 0 Å². The molecular weight excluding hydrogens is 468 g/mol. The fourth-order valence-corrected chi connectivity index (χ4v) is 5.03. The van der Waals surface area contributed by atoms with Crippen LogP contribution < -0.4 is 9.80 Å². The van der Waals surface area contributed by atoms with E-state index in [0.717, 1.165) is 48.7 Å². The molecular formula is C26H28N10O. The van der Waals surface area contributed by atoms with Crippen LogP contribution in [0.3, 0.4) is 0 Å². The number of rotatable bonds is 5. The van der Waals surface area contributed by atoms with Crippen molar-refractivity contribution >= 4 is 17.5 Å². The van der Waals surface area contributed by atoms with Crippen molar-refractivity contribution in [3.05, 3.63) is 67.5 Å². The molecule has 1 atom stereocenters. The minimum Gasteiger partial charge on any atom is -0.353 e. The summed E-state index contributed by atoms with van der Waals surface area (Å²) >= 11 is 0. The number of piperazine rings is 1. The Morgan fingerprint density at radius 1 is 0.811 bits per heavy atom. The Morgan fingerprint density at radius 2 is 1.65 bits per heavy atom. The first-order chi connectivity index (χ1) is 18.3. The molecule has 0 N–H and O–H groups in total. The monoisotopic (exact) mass is 496 g/mol. The Balaban J connectivity index is 1.12. The van der Waals surface area contributed by atoms with E-state index in [4.69, 9.17) is 0 Å². The van der Waals surface area contributed by atoms with Gasteiger partial charge < -0.3 is 14.7 Å². The highest BCUT2D eigenvalue weighted by molar-refractivity contribution is 5.85. The van der Waals surface area contributed by atoms with Gasteiger partial charge in [0.15, 0.2) is 11.6 Å². The van der Waals surface area contributed by atoms with E-state index in [2.05, 4.69) is 40.0 Å². The lowest BCUT2D eigenvalue weighted by atomic mass is 10.0. The zero-order valence-electron chi connectivity index (χ0n) is 20.5. The van der Waals surface area contributed by atoms with Crippen molar-refractivity contribution in [2.75, 3.05) is 42.5 Å². The third-order valence-corrected chi connectivity index (χ3v) is 7.01. The van der Waals surface area contributed by atoms with E-state index < -0.39 is 0 Å². The van der Waals surface area contributed by atoms with Gasteiger partial charge in [-0.05, 0) is 31.4 Å². The van der Waals surface area contributed by atoms with Crippen LogP contribution in [0.5, 0.6) is 0 Å². The highest BCUT2D eigenvalue weighted by Gasteiger charge is 2.34. The van der Waals surface area contributed by atoms with Crippen molar-refractivity contribution in [1.29, 1.82) is 0 Å². The summed E-state index contributed by atoms with van der Waals surface area (Å²) in [6.07, 6.45) is 7.53. The topological polar surface area (TPSA) is 109 Å². The molecule has 6 rings (SSSR count). The molecule has 188 valence electrons. The minimum atomic E-state index is -0.213. The van der Waals surface area contributed by atoms with E-state index in [-0.39, 0.29) is 11.9 Å². The molecule has 5 heterocycles. The predicted octanol–water partition coefficient (Wildman–Crippen LogP) is 2.22. The molecule has 0 bridgehead atoms. The number of piperidine rings is 1. The van der Waals surface area contributed by atoms with Crippen LogP contribution in [0.1, 0.15) is 19.3 Å². The zero-order chi connectivity index (χ0) is 25.0. The second-order valence-electron chi connectivity index (χ2n) is 9.23. The van der Waals surface area contributed by atoms with Gasteiger partial charge >= 0.3 is 0 Å². The van der Waals surface area contributed by atoms with Crippen molar-refractivity contribution in [2.45, 2.75) is 25.3 Å². The van der Waals surface area contributed by atoms with Crippen molar-refractivity contribution in [1.82, 2.24) is 39.8 Å². The fourth-order valence-electron chi connectivity index (χ4n) is 5.03. The molecule has 2 fully saturated rings. The molecule has 2 aliphatic heterocycles. The van der Waals surface area contributed by atoms with Crippen molar-refractivity contribution in [3.63, 3.8) is 0 Å². The number of anilines is 2. The van der Waals surface area contributed by atoms with Crippen LogP contribution in [0.15, 0.2) is 67.5 Å². The van der Waals surface area contributed by atoms with Crippen molar-refractivity contribution in [2.24, 2.45) is 0 Å². The van der Waals surface area contributed by atoms with Gasteiger partial charge in [0, 0.05) is 44.4 Å². The molecule has 1 aromatic carbocycles. The molecule has 0 radical (unpaired) electrons. The first-order valence-electron chi connectivity index (χ1n) is 12.6. The number of benzene rings is 1. The van der Waals surface area contributed by atoms with E-state index >= 15 is 0 Å². The summed E-state index contributed by atoms with van der Waals surface area (Å²) in [5, 5.41) is 13.1. The summed E-state index contributed by atoms with van der Waals surface area (Å²) in [5.41, 5.74) is 1.86. The molecule has 4 aromatic rings. The van der Waals surface area contributed by atoms with Gasteiger partial charge in [0.1, 0.15) is 30.8 Å². The Bertz CT molecular complexity index is 1320. The van der Waals surface area contributed by atoms with Gasteiger partial charge in [-0.2, -0.15) is 5.10 Å². The van der Waals surface area contributed by atoms with Crippen molar-refractivity contribution in [3.8, 4) is 17.1 Å². The van der Waals surface area contributed by atoms with Gasteiger partial charge in [-0.25, -0.2) is 19.6 Å². The first-order valence-corrected chi connectivity index (χ1v) is 12.6. The highest BCUT2D eigenvalue weighted by atomic mass is 16.2. The molecule has 1 unspecified atom stereocenters. The third-order valence-electron chi connectivity index (χ3n) is 7.01. The number of hydrogen-bond acceptors (Lipinski definition) is 9. The van der Waals surface area contributed by atoms with Gasteiger partial charge in [-0.15, -0.1) is 10.2 Å². The van der Waals surface area contributed by atoms with E-state index in [1.807, 2.05) is 53.4 Å². The lowest BCUT2D eigenvalue weighted by molar-refractivity contribution is -0.133. The summed E-state index contributed by atoms with van der Waals surface area (Å²) in [4.78, 5) is 32.6. The largest absolute Gasteiger partial charge is 0.353 e. The quantitative estimate of drug-likeness (QED) is 0.411. The van der Waals surface area contributed by atoms with Gasteiger partial charge in [-0.3, -0.25) is 4.79 Å². The van der Waals surface area contributed by atoms with Crippen LogP contribution in [0.25, 0.3) is 17.1 Å². The summed E-state index contributed by atoms with van der Waals surface area (Å²) in [5.74, 6) is 2.41. The summed E-state index contributed by atoms with van der Waals surface area (Å²) in [7, 11) is 0. The lowest BCUT2D eigenvalue weighted by Gasteiger charge is -2.41. The Kier molecular flexibility index (Phi) is 6.40. The smallest absolute Gasteiger partial charge is 0.245 e. The maximum absolute atomic E-state index is 13.7. The van der Waals surface area contributed by atoms with Gasteiger partial charge in [0.2, 0.25) is 5.91 Å². The highest BCUT2D eigenvalue weighted by Crippen LogP contribution is 2.26. The van der Waals surface area contributed by atoms with Crippen molar-refractivity contribution < 1.29 is 4.79 Å². The molecule has 37 heavy (non-hydrogen) atoms. The van der Waals surface area contributed by atoms with E-state index in [1.54, 1.807) is 11.0 Å². The van der Waals surface area contributed by atoms with E-state index in [0.29, 0.717) is 32.0 Å². The number of hydrogen-bond donors (Lipinski definition) is 0. The summed E-state index contributed by atoms with van der Waals surface area (Å²) in [6, 6.07) is 15.7. The number of carbonyl (C=O) groups is 1. The van der Waals surface area contributed by atoms with Gasteiger partial charge in [0.05, 0.1) is 5.69 Å². The first kappa shape index (κ1) is 23.0. The Labute approximate surface area is 214 Å². The molecule has 1 amide bonds. The number of aromatic nitrogens is 7. The van der Waals surface area contributed by atoms with Crippen LogP contribution in [0, 0.1) is 0 Å². The Hall–Kier alpha value is -4.41. The molecule has 2 saturated heterocycles. The molecule has 3 aromatic heterocycles. The van der Waals surface area contributed by atoms with E-state index in [9.17, 15) is 4.79 Å². The lowest BCUT2D eigenvalue weighted by Crippen LogP contribution is -2.56. The van der Waals surface area contributed by atoms with E-state index in [1.165, 1.54) is 12.7 Å². The minimum absolute atomic E-state index is 0.166. The molecule has 0 aliphatic carbocycles. The Morgan fingerprint density at radius 3 is 2.41 bits per heavy atom. The number of carbonyl (C=O) groups excluding carboxylic acids is 1. The molecule has 0 spiro atoms. The molecule has 2 aliphatic rings. The van der Waals surface area contributed by atoms with Gasteiger partial charge in [-0.1, -0.05) is 30.3 Å². The molecule has 11 heteroatoms. The molecule has 11 nitrogen and oxygen atoms in total. The maximum Gasteiger partial charge on any atom is 0.245 e. The summed E-state index contributed by atoms with van der Waals surface area (Å²) < 4.78 is 1.61. The predicted molar refractivity (Wildman–Crippen MR) is 138 cm³/mol. The standard InChI is InChI=1S/C26H28N10O/c37-26(34-14-12-33(13-15-34)24-16-25(29-18-28-24)36-19-27-17-30-36)22-8-4-5-11-35(22)23-10-9-21(31-32-23)20-6-2-1-3-7-20/h1-3,6-7,9-10,16-19,22H,4-5,8,11-15H2. The van der Waals surface area contributed by atoms with Crippen LogP contribution in [0.4, 0.5) is 11.6 Å². The molecule has 0 saturated carbocycles. The SMILES string of the molecule is O=C(C1CCCCN1c1ccc(-c2ccccc2)nn1)N1CCN(c2cc(-n3cncn3)ncn2)CC1. The number of amides is 1. The average molecular weight is 497 g/mol. The third kappa shape index (κ3) is 4.84. The zero-order valence-corrected chi connectivity index (χ0v) is 20.5. The van der Waals surface area contributed by atoms with Crippen LogP contribution in [0.2, 0.25) is 0 Å². The number of nitrogens with zero attached hydrogens (tertiary/aromatic N) is 10. The van der Waals surface area contributed by atoms with Crippen LogP contribution >= 0.6 is 0 Å².